The molecule has 78 valence electrons. The lowest BCUT2D eigenvalue weighted by Crippen LogP contribution is -2.42. The van der Waals surface area contributed by atoms with Gasteiger partial charge in [0, 0.05) is 6.04 Å². The fourth-order valence-corrected chi connectivity index (χ4v) is 1.17. The van der Waals surface area contributed by atoms with E-state index in [1.54, 1.807) is 0 Å². The molecule has 0 amide bonds. The van der Waals surface area contributed by atoms with Crippen molar-refractivity contribution in [2.24, 2.45) is 5.92 Å². The standard InChI is InChI=1S/C10H21NO2/c1-5-8(4)11-9(10(12)13)6-7(2)3/h7-9,11H,5-6H2,1-4H3,(H,12,13)/t8?,9-/m0/s1. The van der Waals surface area contributed by atoms with Crippen LogP contribution in [0.4, 0.5) is 0 Å². The van der Waals surface area contributed by atoms with E-state index in [1.165, 1.54) is 0 Å². The molecule has 0 rings (SSSR count). The van der Waals surface area contributed by atoms with Crippen molar-refractivity contribution >= 4 is 5.97 Å². The van der Waals surface area contributed by atoms with E-state index in [1.807, 2.05) is 27.7 Å². The smallest absolute Gasteiger partial charge is 0.320 e. The molecular weight excluding hydrogens is 166 g/mol. The first-order valence-corrected chi connectivity index (χ1v) is 4.96. The largest absolute Gasteiger partial charge is 0.480 e. The van der Waals surface area contributed by atoms with Gasteiger partial charge in [0.25, 0.3) is 0 Å². The number of hydrogen-bond donors (Lipinski definition) is 2. The zero-order chi connectivity index (χ0) is 10.4. The van der Waals surface area contributed by atoms with Crippen molar-refractivity contribution in [3.8, 4) is 0 Å². The van der Waals surface area contributed by atoms with Crippen LogP contribution < -0.4 is 5.32 Å². The Labute approximate surface area is 80.5 Å². The highest BCUT2D eigenvalue weighted by atomic mass is 16.4. The average Bonchev–Trinajstić information content (AvgIpc) is 2.02. The third-order valence-corrected chi connectivity index (χ3v) is 2.10. The normalized spacial score (nSPS) is 15.8. The average molecular weight is 187 g/mol. The molecule has 3 heteroatoms. The van der Waals surface area contributed by atoms with Crippen LogP contribution in [0, 0.1) is 5.92 Å². The molecule has 2 atom stereocenters. The number of carboxylic acids is 1. The summed E-state index contributed by atoms with van der Waals surface area (Å²) in [7, 11) is 0. The summed E-state index contributed by atoms with van der Waals surface area (Å²) in [4.78, 5) is 10.8. The Balaban J connectivity index is 4.02. The van der Waals surface area contributed by atoms with Gasteiger partial charge in [-0.2, -0.15) is 0 Å². The summed E-state index contributed by atoms with van der Waals surface area (Å²) >= 11 is 0. The summed E-state index contributed by atoms with van der Waals surface area (Å²) in [6.07, 6.45) is 1.65. The van der Waals surface area contributed by atoms with Crippen molar-refractivity contribution in [2.45, 2.75) is 52.6 Å². The number of hydrogen-bond acceptors (Lipinski definition) is 2. The molecule has 0 bridgehead atoms. The van der Waals surface area contributed by atoms with Crippen LogP contribution in [0.2, 0.25) is 0 Å². The van der Waals surface area contributed by atoms with E-state index >= 15 is 0 Å². The topological polar surface area (TPSA) is 49.3 Å². The van der Waals surface area contributed by atoms with E-state index in [0.29, 0.717) is 12.3 Å². The Bertz CT molecular complexity index is 157. The van der Waals surface area contributed by atoms with Gasteiger partial charge in [-0.15, -0.1) is 0 Å². The molecule has 0 aromatic heterocycles. The first-order valence-electron chi connectivity index (χ1n) is 4.96. The lowest BCUT2D eigenvalue weighted by Gasteiger charge is -2.20. The highest BCUT2D eigenvalue weighted by Crippen LogP contribution is 2.06. The SMILES string of the molecule is CCC(C)N[C@@H](CC(C)C)C(=O)O. The molecule has 0 radical (unpaired) electrons. The quantitative estimate of drug-likeness (QED) is 0.667. The molecule has 3 nitrogen and oxygen atoms in total. The maximum atomic E-state index is 10.8. The molecule has 0 aliphatic carbocycles. The van der Waals surface area contributed by atoms with Gasteiger partial charge in [0.15, 0.2) is 0 Å². The second-order valence-electron chi connectivity index (χ2n) is 4.00. The molecule has 1 unspecified atom stereocenters. The minimum Gasteiger partial charge on any atom is -0.480 e. The first kappa shape index (κ1) is 12.4. The van der Waals surface area contributed by atoms with Gasteiger partial charge in [-0.05, 0) is 25.7 Å². The summed E-state index contributed by atoms with van der Waals surface area (Å²) in [5, 5.41) is 12.0. The van der Waals surface area contributed by atoms with Crippen molar-refractivity contribution in [3.63, 3.8) is 0 Å². The summed E-state index contributed by atoms with van der Waals surface area (Å²) in [5.74, 6) is -0.327. The van der Waals surface area contributed by atoms with Crippen LogP contribution in [0.15, 0.2) is 0 Å². The van der Waals surface area contributed by atoms with Crippen molar-refractivity contribution < 1.29 is 9.90 Å². The third kappa shape index (κ3) is 5.64. The lowest BCUT2D eigenvalue weighted by molar-refractivity contribution is -0.140. The van der Waals surface area contributed by atoms with Crippen LogP contribution in [0.1, 0.15) is 40.5 Å². The van der Waals surface area contributed by atoms with E-state index in [4.69, 9.17) is 5.11 Å². The van der Waals surface area contributed by atoms with Crippen molar-refractivity contribution in [3.05, 3.63) is 0 Å². The van der Waals surface area contributed by atoms with Crippen LogP contribution in [-0.2, 0) is 4.79 Å². The lowest BCUT2D eigenvalue weighted by atomic mass is 10.0. The van der Waals surface area contributed by atoms with Crippen LogP contribution >= 0.6 is 0 Å². The zero-order valence-corrected chi connectivity index (χ0v) is 9.00. The molecule has 0 aliphatic heterocycles. The van der Waals surface area contributed by atoms with E-state index in [-0.39, 0.29) is 6.04 Å². The first-order chi connectivity index (χ1) is 5.97. The molecule has 0 spiro atoms. The Morgan fingerprint density at radius 1 is 1.38 bits per heavy atom. The number of carbonyl (C=O) groups is 1. The van der Waals surface area contributed by atoms with Crippen molar-refractivity contribution in [2.75, 3.05) is 0 Å². The second-order valence-corrected chi connectivity index (χ2v) is 4.00. The minimum absolute atomic E-state index is 0.278. The molecule has 2 N–H and O–H groups in total. The molecule has 0 aromatic carbocycles. The number of nitrogens with one attached hydrogen (secondary N) is 1. The fraction of sp³-hybridized carbons (Fsp3) is 0.900. The number of aliphatic carboxylic acids is 1. The van der Waals surface area contributed by atoms with E-state index < -0.39 is 12.0 Å². The van der Waals surface area contributed by atoms with Gasteiger partial charge in [-0.25, -0.2) is 0 Å². The van der Waals surface area contributed by atoms with Gasteiger partial charge in [-0.1, -0.05) is 20.8 Å². The van der Waals surface area contributed by atoms with Gasteiger partial charge in [-0.3, -0.25) is 4.79 Å². The summed E-state index contributed by atoms with van der Waals surface area (Å²) in [6, 6.07) is -0.116. The van der Waals surface area contributed by atoms with E-state index in [9.17, 15) is 4.79 Å². The molecule has 0 aliphatic rings. The maximum Gasteiger partial charge on any atom is 0.320 e. The summed E-state index contributed by atoms with van der Waals surface area (Å²) in [5.41, 5.74) is 0. The van der Waals surface area contributed by atoms with Crippen LogP contribution in [0.3, 0.4) is 0 Å². The molecule has 0 heterocycles. The van der Waals surface area contributed by atoms with Crippen molar-refractivity contribution in [1.82, 2.24) is 5.32 Å². The van der Waals surface area contributed by atoms with Gasteiger partial charge in [0.2, 0.25) is 0 Å². The van der Waals surface area contributed by atoms with Gasteiger partial charge < -0.3 is 10.4 Å². The molecular formula is C10H21NO2. The second kappa shape index (κ2) is 5.97. The van der Waals surface area contributed by atoms with E-state index in [2.05, 4.69) is 5.32 Å². The van der Waals surface area contributed by atoms with Crippen LogP contribution in [0.25, 0.3) is 0 Å². The number of rotatable bonds is 6. The fourth-order valence-electron chi connectivity index (χ4n) is 1.17. The van der Waals surface area contributed by atoms with Crippen LogP contribution in [-0.4, -0.2) is 23.2 Å². The molecule has 13 heavy (non-hydrogen) atoms. The summed E-state index contributed by atoms with van der Waals surface area (Å²) < 4.78 is 0. The predicted octanol–water partition coefficient (Wildman–Crippen LogP) is 1.87. The van der Waals surface area contributed by atoms with Crippen LogP contribution in [0.5, 0.6) is 0 Å². The van der Waals surface area contributed by atoms with Gasteiger partial charge >= 0.3 is 5.97 Å². The molecule has 0 saturated heterocycles. The Morgan fingerprint density at radius 2 is 1.92 bits per heavy atom. The zero-order valence-electron chi connectivity index (χ0n) is 9.00. The Morgan fingerprint density at radius 3 is 2.23 bits per heavy atom. The monoisotopic (exact) mass is 187 g/mol. The third-order valence-electron chi connectivity index (χ3n) is 2.10. The minimum atomic E-state index is -0.742. The van der Waals surface area contributed by atoms with Gasteiger partial charge in [0.05, 0.1) is 0 Å². The molecule has 0 fully saturated rings. The van der Waals surface area contributed by atoms with Gasteiger partial charge in [0.1, 0.15) is 6.04 Å². The molecule has 0 saturated carbocycles. The van der Waals surface area contributed by atoms with Crippen molar-refractivity contribution in [1.29, 1.82) is 0 Å². The Kier molecular flexibility index (Phi) is 5.71. The predicted molar refractivity (Wildman–Crippen MR) is 53.8 cm³/mol. The Hall–Kier alpha value is -0.570. The van der Waals surface area contributed by atoms with E-state index in [0.717, 1.165) is 6.42 Å². The summed E-state index contributed by atoms with van der Waals surface area (Å²) in [6.45, 7) is 8.13. The molecule has 0 aromatic rings. The highest BCUT2D eigenvalue weighted by molar-refractivity contribution is 5.73. The maximum absolute atomic E-state index is 10.8. The highest BCUT2D eigenvalue weighted by Gasteiger charge is 2.19. The number of carboxylic acid groups (broad SMARTS) is 1.